The molecule has 1 fully saturated rings. The molecule has 0 N–H and O–H groups in total. The van der Waals surface area contributed by atoms with Crippen molar-refractivity contribution >= 4 is 34.2 Å². The summed E-state index contributed by atoms with van der Waals surface area (Å²) in [4.78, 5) is 18.3. The summed E-state index contributed by atoms with van der Waals surface area (Å²) in [5.41, 5.74) is 2.36. The average molecular weight is 435 g/mol. The van der Waals surface area contributed by atoms with E-state index in [0.717, 1.165) is 25.1 Å². The van der Waals surface area contributed by atoms with E-state index in [1.54, 1.807) is 12.1 Å². The molecule has 3 aromatic rings. The van der Waals surface area contributed by atoms with Crippen LogP contribution in [0.1, 0.15) is 45.5 Å². The van der Waals surface area contributed by atoms with Crippen molar-refractivity contribution in [3.05, 3.63) is 44.4 Å². The Morgan fingerprint density at radius 1 is 1.24 bits per heavy atom. The third-order valence-corrected chi connectivity index (χ3v) is 6.00. The molecule has 29 heavy (non-hydrogen) atoms. The van der Waals surface area contributed by atoms with Crippen molar-refractivity contribution in [3.63, 3.8) is 0 Å². The van der Waals surface area contributed by atoms with Gasteiger partial charge in [-0.2, -0.15) is 5.10 Å². The lowest BCUT2D eigenvalue weighted by Gasteiger charge is -2.18. The molecule has 8 heteroatoms. The highest BCUT2D eigenvalue weighted by Gasteiger charge is 2.28. The lowest BCUT2D eigenvalue weighted by atomic mass is 10.1. The number of epoxide rings is 1. The summed E-state index contributed by atoms with van der Waals surface area (Å²) in [6.45, 7) is 7.39. The monoisotopic (exact) mass is 434 g/mol. The third kappa shape index (κ3) is 3.69. The Morgan fingerprint density at radius 3 is 2.55 bits per heavy atom. The van der Waals surface area contributed by atoms with Crippen LogP contribution in [0.5, 0.6) is 0 Å². The van der Waals surface area contributed by atoms with Crippen molar-refractivity contribution in [1.82, 2.24) is 19.3 Å². The highest BCUT2D eigenvalue weighted by atomic mass is 35.5. The summed E-state index contributed by atoms with van der Waals surface area (Å²) in [5, 5.41) is 5.69. The zero-order valence-electron chi connectivity index (χ0n) is 16.8. The van der Waals surface area contributed by atoms with E-state index in [9.17, 15) is 4.79 Å². The van der Waals surface area contributed by atoms with Crippen molar-refractivity contribution in [1.29, 1.82) is 0 Å². The second-order valence-electron chi connectivity index (χ2n) is 7.33. The molecule has 2 aromatic heterocycles. The number of halogens is 2. The van der Waals surface area contributed by atoms with Crippen LogP contribution in [0.3, 0.4) is 0 Å². The van der Waals surface area contributed by atoms with Crippen molar-refractivity contribution < 1.29 is 4.74 Å². The first-order valence-electron chi connectivity index (χ1n) is 10.1. The largest absolute Gasteiger partial charge is 0.371 e. The first-order valence-corrected chi connectivity index (χ1v) is 10.8. The second kappa shape index (κ2) is 8.09. The van der Waals surface area contributed by atoms with Crippen LogP contribution in [0.4, 0.5) is 0 Å². The minimum Gasteiger partial charge on any atom is -0.371 e. The van der Waals surface area contributed by atoms with Gasteiger partial charge in [-0.05, 0) is 31.0 Å². The molecule has 0 bridgehead atoms. The van der Waals surface area contributed by atoms with Crippen molar-refractivity contribution in [3.8, 4) is 11.3 Å². The van der Waals surface area contributed by atoms with Crippen LogP contribution in [-0.4, -0.2) is 32.0 Å². The summed E-state index contributed by atoms with van der Waals surface area (Å²) in [6.07, 6.45) is 2.59. The quantitative estimate of drug-likeness (QED) is 0.496. The zero-order valence-corrected chi connectivity index (χ0v) is 18.3. The fraction of sp³-hybridized carbons (Fsp3) is 0.476. The maximum Gasteiger partial charge on any atom is 0.293 e. The standard InChI is InChI=1S/C21H24Cl2N4O2/c1-4-13(5-2)27-17(6-3)24-19-18(15-8-7-12(22)9-16(15)23)25-26(10-14-11-29-14)21(28)20(19)27/h7-9,13-14H,4-6,10-11H2,1-3H3. The second-order valence-corrected chi connectivity index (χ2v) is 8.18. The van der Waals surface area contributed by atoms with Crippen LogP contribution in [0.25, 0.3) is 22.3 Å². The van der Waals surface area contributed by atoms with Crippen molar-refractivity contribution in [2.75, 3.05) is 6.61 Å². The lowest BCUT2D eigenvalue weighted by Crippen LogP contribution is -2.28. The number of aryl methyl sites for hydroxylation is 1. The molecule has 3 heterocycles. The minimum atomic E-state index is -0.136. The van der Waals surface area contributed by atoms with E-state index in [1.807, 2.05) is 6.07 Å². The first-order chi connectivity index (χ1) is 14.0. The molecule has 0 amide bonds. The normalized spacial score (nSPS) is 16.1. The van der Waals surface area contributed by atoms with Gasteiger partial charge in [0.25, 0.3) is 5.56 Å². The molecule has 1 aliphatic rings. The molecule has 1 aromatic carbocycles. The van der Waals surface area contributed by atoms with E-state index < -0.39 is 0 Å². The van der Waals surface area contributed by atoms with Crippen molar-refractivity contribution in [2.45, 2.75) is 58.7 Å². The Bertz CT molecular complexity index is 1110. The maximum atomic E-state index is 13.4. The molecular formula is C21H24Cl2N4O2. The first kappa shape index (κ1) is 20.4. The number of hydrogen-bond acceptors (Lipinski definition) is 4. The van der Waals surface area contributed by atoms with Crippen LogP contribution >= 0.6 is 23.2 Å². The number of ether oxygens (including phenoxy) is 1. The third-order valence-electron chi connectivity index (χ3n) is 5.46. The minimum absolute atomic E-state index is 0.0290. The van der Waals surface area contributed by atoms with Gasteiger partial charge < -0.3 is 9.30 Å². The molecule has 1 atom stereocenters. The summed E-state index contributed by atoms with van der Waals surface area (Å²) >= 11 is 12.6. The molecule has 1 aliphatic heterocycles. The van der Waals surface area contributed by atoms with E-state index in [2.05, 4.69) is 30.4 Å². The summed E-state index contributed by atoms with van der Waals surface area (Å²) < 4.78 is 8.95. The molecule has 0 saturated carbocycles. The number of rotatable bonds is 7. The predicted octanol–water partition coefficient (Wildman–Crippen LogP) is 4.89. The van der Waals surface area contributed by atoms with Crippen LogP contribution in [-0.2, 0) is 17.7 Å². The van der Waals surface area contributed by atoms with Gasteiger partial charge in [-0.15, -0.1) is 0 Å². The van der Waals surface area contributed by atoms with Crippen LogP contribution < -0.4 is 5.56 Å². The fourth-order valence-electron chi connectivity index (χ4n) is 3.83. The predicted molar refractivity (Wildman–Crippen MR) is 116 cm³/mol. The number of aromatic nitrogens is 4. The number of hydrogen-bond donors (Lipinski definition) is 0. The average Bonchev–Trinajstić information content (AvgIpc) is 3.44. The summed E-state index contributed by atoms with van der Waals surface area (Å²) in [5.74, 6) is 0.888. The van der Waals surface area contributed by atoms with E-state index in [1.165, 1.54) is 4.68 Å². The Balaban J connectivity index is 2.07. The SMILES string of the molecule is CCc1nc2c(-c3ccc(Cl)cc3Cl)nn(CC3CO3)c(=O)c2n1C(CC)CC. The number of fused-ring (bicyclic) bond motifs is 1. The Morgan fingerprint density at radius 2 is 1.97 bits per heavy atom. The molecule has 6 nitrogen and oxygen atoms in total. The molecule has 4 rings (SSSR count). The fourth-order valence-corrected chi connectivity index (χ4v) is 4.33. The number of benzene rings is 1. The number of nitrogens with zero attached hydrogens (tertiary/aromatic N) is 4. The van der Waals surface area contributed by atoms with Gasteiger partial charge in [0.1, 0.15) is 28.7 Å². The molecule has 0 radical (unpaired) electrons. The van der Waals surface area contributed by atoms with Gasteiger partial charge in [-0.25, -0.2) is 9.67 Å². The summed E-state index contributed by atoms with van der Waals surface area (Å²) in [6, 6.07) is 5.49. The van der Waals surface area contributed by atoms with Crippen molar-refractivity contribution in [2.24, 2.45) is 0 Å². The zero-order chi connectivity index (χ0) is 20.7. The van der Waals surface area contributed by atoms with Gasteiger partial charge in [0.2, 0.25) is 0 Å². The van der Waals surface area contributed by atoms with E-state index in [-0.39, 0.29) is 17.7 Å². The maximum absolute atomic E-state index is 13.4. The van der Waals surface area contributed by atoms with Gasteiger partial charge in [-0.3, -0.25) is 4.79 Å². The molecule has 0 aliphatic carbocycles. The highest BCUT2D eigenvalue weighted by Crippen LogP contribution is 2.34. The molecule has 0 spiro atoms. The molecule has 1 saturated heterocycles. The van der Waals surface area contributed by atoms with Gasteiger partial charge in [0.15, 0.2) is 0 Å². The van der Waals surface area contributed by atoms with Gasteiger partial charge in [-0.1, -0.05) is 44.0 Å². The smallest absolute Gasteiger partial charge is 0.293 e. The van der Waals surface area contributed by atoms with E-state index in [4.69, 9.17) is 32.9 Å². The highest BCUT2D eigenvalue weighted by molar-refractivity contribution is 6.36. The van der Waals surface area contributed by atoms with Gasteiger partial charge in [0.05, 0.1) is 18.2 Å². The van der Waals surface area contributed by atoms with Crippen LogP contribution in [0.15, 0.2) is 23.0 Å². The van der Waals surface area contributed by atoms with E-state index in [0.29, 0.717) is 45.5 Å². The molecular weight excluding hydrogens is 411 g/mol. The number of imidazole rings is 1. The topological polar surface area (TPSA) is 65.2 Å². The van der Waals surface area contributed by atoms with Gasteiger partial charge in [0, 0.05) is 23.0 Å². The summed E-state index contributed by atoms with van der Waals surface area (Å²) in [7, 11) is 0. The van der Waals surface area contributed by atoms with Gasteiger partial charge >= 0.3 is 0 Å². The Labute approximate surface area is 179 Å². The Kier molecular flexibility index (Phi) is 5.69. The van der Waals surface area contributed by atoms with Crippen LogP contribution in [0, 0.1) is 0 Å². The molecule has 154 valence electrons. The van der Waals surface area contributed by atoms with E-state index >= 15 is 0 Å². The lowest BCUT2D eigenvalue weighted by molar-refractivity contribution is 0.369. The molecule has 1 unspecified atom stereocenters. The Hall–Kier alpha value is -1.89. The van der Waals surface area contributed by atoms with Crippen LogP contribution in [0.2, 0.25) is 10.0 Å².